The molecule has 3 heterocycles. The molecule has 0 unspecified atom stereocenters. The first-order valence-electron chi connectivity index (χ1n) is 13.1. The lowest BCUT2D eigenvalue weighted by Crippen LogP contribution is -2.59. The van der Waals surface area contributed by atoms with Crippen molar-refractivity contribution in [2.24, 2.45) is 11.3 Å². The van der Waals surface area contributed by atoms with Gasteiger partial charge in [0.05, 0.1) is 17.6 Å². The molecule has 1 amide bonds. The van der Waals surface area contributed by atoms with Gasteiger partial charge in [-0.3, -0.25) is 4.84 Å². The molecule has 184 valence electrons. The van der Waals surface area contributed by atoms with Crippen LogP contribution in [0.3, 0.4) is 0 Å². The van der Waals surface area contributed by atoms with Gasteiger partial charge in [-0.25, -0.2) is 4.79 Å². The third kappa shape index (κ3) is 2.99. The minimum Gasteiger partial charge on any atom is -0.447 e. The average molecular weight is 483 g/mol. The minimum atomic E-state index is -0.707. The number of amides is 1. The number of carbonyl (C=O) groups is 1. The molecule has 0 radical (unpaired) electrons. The number of nitriles is 1. The van der Waals surface area contributed by atoms with Crippen molar-refractivity contribution in [1.82, 2.24) is 5.06 Å². The number of nitrogens with zero attached hydrogens (tertiary/aromatic N) is 2. The fourth-order valence-corrected chi connectivity index (χ4v) is 7.81. The van der Waals surface area contributed by atoms with E-state index in [-0.39, 0.29) is 24.5 Å². The number of ether oxygens (including phenoxy) is 2. The zero-order valence-corrected chi connectivity index (χ0v) is 20.5. The van der Waals surface area contributed by atoms with Crippen LogP contribution in [0.15, 0.2) is 60.2 Å². The first kappa shape index (κ1) is 22.1. The summed E-state index contributed by atoms with van der Waals surface area (Å²) in [6.07, 6.45) is 6.12. The van der Waals surface area contributed by atoms with Crippen LogP contribution in [-0.2, 0) is 14.3 Å². The summed E-state index contributed by atoms with van der Waals surface area (Å²) in [5.41, 5.74) is 4.52. The number of carbonyl (C=O) groups excluding carboxylic acids is 1. The molecule has 2 saturated carbocycles. The minimum absolute atomic E-state index is 0.0234. The standard InChI is InChI=1S/C30H30N2O4/c1-19-16-30-15-7-14-29(18-31)13-6-12-25(26(29)30)35-27(19)32(36-30)28(33)34-17-24-22-10-4-2-8-20(22)21-9-3-5-11-23(21)24/h2-5,8-11,16,24-27H,6-7,12-15,17H2,1H3/t25-,26-,27+,29-,30+/m1/s1. The highest BCUT2D eigenvalue weighted by molar-refractivity contribution is 5.79. The second kappa shape index (κ2) is 7.93. The molecule has 0 aromatic heterocycles. The van der Waals surface area contributed by atoms with E-state index in [0.717, 1.165) is 44.1 Å². The van der Waals surface area contributed by atoms with E-state index in [1.54, 1.807) is 0 Å². The summed E-state index contributed by atoms with van der Waals surface area (Å²) >= 11 is 0. The Balaban J connectivity index is 1.18. The number of benzene rings is 2. The summed E-state index contributed by atoms with van der Waals surface area (Å²) in [4.78, 5) is 20.1. The van der Waals surface area contributed by atoms with Gasteiger partial charge in [-0.2, -0.15) is 10.3 Å². The van der Waals surface area contributed by atoms with Gasteiger partial charge in [0, 0.05) is 11.8 Å². The van der Waals surface area contributed by atoms with Gasteiger partial charge < -0.3 is 9.47 Å². The van der Waals surface area contributed by atoms with Crippen molar-refractivity contribution in [3.8, 4) is 17.2 Å². The van der Waals surface area contributed by atoms with E-state index in [2.05, 4.69) is 36.4 Å². The van der Waals surface area contributed by atoms with Gasteiger partial charge in [0.15, 0.2) is 6.23 Å². The SMILES string of the molecule is CC1=C[C@]23CCC[C@@]4(C#N)CCC[C@@H](O[C@@H]1N(C(=O)OCC1c5ccccc5-c5ccccc51)O2)[C@H]43. The van der Waals surface area contributed by atoms with Gasteiger partial charge in [-0.15, -0.1) is 0 Å². The van der Waals surface area contributed by atoms with Crippen molar-refractivity contribution >= 4 is 6.09 Å². The van der Waals surface area contributed by atoms with Crippen molar-refractivity contribution in [1.29, 1.82) is 5.26 Å². The van der Waals surface area contributed by atoms with Crippen LogP contribution in [-0.4, -0.2) is 35.7 Å². The number of hydroxylamine groups is 2. The molecule has 6 heteroatoms. The highest BCUT2D eigenvalue weighted by Gasteiger charge is 2.64. The van der Waals surface area contributed by atoms with Crippen molar-refractivity contribution in [3.63, 3.8) is 0 Å². The number of hydrogen-bond acceptors (Lipinski definition) is 5. The van der Waals surface area contributed by atoms with Crippen LogP contribution >= 0.6 is 0 Å². The number of hydrogen-bond donors (Lipinski definition) is 0. The Morgan fingerprint density at radius 2 is 1.78 bits per heavy atom. The summed E-state index contributed by atoms with van der Waals surface area (Å²) in [6, 6.07) is 19.3. The average Bonchev–Trinajstić information content (AvgIpc) is 3.05. The van der Waals surface area contributed by atoms with Crippen LogP contribution < -0.4 is 0 Å². The Hall–Kier alpha value is -3.14. The summed E-state index contributed by atoms with van der Waals surface area (Å²) in [5.74, 6) is -0.103. The molecular weight excluding hydrogens is 452 g/mol. The molecule has 1 saturated heterocycles. The Morgan fingerprint density at radius 3 is 2.50 bits per heavy atom. The summed E-state index contributed by atoms with van der Waals surface area (Å²) in [5, 5.41) is 11.6. The fourth-order valence-electron chi connectivity index (χ4n) is 7.81. The number of rotatable bonds is 2. The molecule has 8 rings (SSSR count). The maximum absolute atomic E-state index is 13.6. The van der Waals surface area contributed by atoms with Gasteiger partial charge in [0.25, 0.3) is 0 Å². The molecule has 36 heavy (non-hydrogen) atoms. The van der Waals surface area contributed by atoms with Gasteiger partial charge in [0.1, 0.15) is 12.2 Å². The van der Waals surface area contributed by atoms with Gasteiger partial charge >= 0.3 is 6.09 Å². The van der Waals surface area contributed by atoms with Gasteiger partial charge in [-0.1, -0.05) is 48.5 Å². The molecule has 1 spiro atoms. The van der Waals surface area contributed by atoms with E-state index in [4.69, 9.17) is 14.3 Å². The molecule has 6 nitrogen and oxygen atoms in total. The first-order valence-corrected chi connectivity index (χ1v) is 13.1. The van der Waals surface area contributed by atoms with Crippen LogP contribution in [0.4, 0.5) is 4.79 Å². The number of fused-ring (bicyclic) bond motifs is 4. The van der Waals surface area contributed by atoms with E-state index < -0.39 is 23.3 Å². The topological polar surface area (TPSA) is 71.8 Å². The Labute approximate surface area is 211 Å². The third-order valence-corrected chi connectivity index (χ3v) is 9.18. The van der Waals surface area contributed by atoms with E-state index in [1.165, 1.54) is 27.3 Å². The predicted octanol–water partition coefficient (Wildman–Crippen LogP) is 6.09. The second-order valence-corrected chi connectivity index (χ2v) is 11.1. The monoisotopic (exact) mass is 482 g/mol. The van der Waals surface area contributed by atoms with Crippen molar-refractivity contribution in [3.05, 3.63) is 71.3 Å². The Morgan fingerprint density at radius 1 is 1.08 bits per heavy atom. The zero-order valence-electron chi connectivity index (χ0n) is 20.5. The van der Waals surface area contributed by atoms with Crippen LogP contribution in [0.5, 0.6) is 0 Å². The van der Waals surface area contributed by atoms with Crippen LogP contribution in [0.25, 0.3) is 11.1 Å². The van der Waals surface area contributed by atoms with E-state index >= 15 is 0 Å². The first-order chi connectivity index (χ1) is 17.6. The molecule has 0 N–H and O–H groups in total. The molecular formula is C30H30N2O4. The normalized spacial score (nSPS) is 34.1. The van der Waals surface area contributed by atoms with Crippen LogP contribution in [0, 0.1) is 22.7 Å². The Kier molecular flexibility index (Phi) is 4.86. The lowest BCUT2D eigenvalue weighted by Gasteiger charge is -2.53. The highest BCUT2D eigenvalue weighted by atomic mass is 16.8. The van der Waals surface area contributed by atoms with E-state index in [0.29, 0.717) is 0 Å². The molecule has 2 aromatic carbocycles. The summed E-state index contributed by atoms with van der Waals surface area (Å²) in [7, 11) is 0. The summed E-state index contributed by atoms with van der Waals surface area (Å²) < 4.78 is 12.5. The molecule has 3 aliphatic heterocycles. The lowest BCUT2D eigenvalue weighted by atomic mass is 9.53. The largest absolute Gasteiger partial charge is 0.447 e. The maximum Gasteiger partial charge on any atom is 0.436 e. The Bertz CT molecular complexity index is 1260. The molecule has 6 aliphatic rings. The summed E-state index contributed by atoms with van der Waals surface area (Å²) in [6.45, 7) is 2.23. The van der Waals surface area contributed by atoms with Crippen molar-refractivity contribution in [2.75, 3.05) is 6.61 Å². The quantitative estimate of drug-likeness (QED) is 0.485. The van der Waals surface area contributed by atoms with Gasteiger partial charge in [-0.05, 0) is 79.4 Å². The predicted molar refractivity (Wildman–Crippen MR) is 132 cm³/mol. The second-order valence-electron chi connectivity index (χ2n) is 11.1. The molecule has 5 atom stereocenters. The van der Waals surface area contributed by atoms with E-state index in [1.807, 2.05) is 31.2 Å². The third-order valence-electron chi connectivity index (χ3n) is 9.18. The van der Waals surface area contributed by atoms with Crippen LogP contribution in [0.2, 0.25) is 0 Å². The fraction of sp³-hybridized carbons (Fsp3) is 0.467. The maximum atomic E-state index is 13.6. The zero-order chi connectivity index (χ0) is 24.5. The van der Waals surface area contributed by atoms with E-state index in [9.17, 15) is 10.1 Å². The molecule has 2 bridgehead atoms. The van der Waals surface area contributed by atoms with Crippen molar-refractivity contribution in [2.45, 2.75) is 69.3 Å². The smallest absolute Gasteiger partial charge is 0.436 e. The van der Waals surface area contributed by atoms with Crippen LogP contribution in [0.1, 0.15) is 62.5 Å². The molecule has 3 fully saturated rings. The lowest BCUT2D eigenvalue weighted by molar-refractivity contribution is -0.267. The molecule has 3 aliphatic carbocycles. The van der Waals surface area contributed by atoms with Crippen molar-refractivity contribution < 1.29 is 19.1 Å². The highest BCUT2D eigenvalue weighted by Crippen LogP contribution is 2.60. The van der Waals surface area contributed by atoms with Gasteiger partial charge in [0.2, 0.25) is 0 Å². The molecule has 2 aromatic rings.